The largest absolute Gasteiger partial charge is 0.311 e. The standard InChI is InChI=1S/C27H33N/c1-5-27(4,6-2)21-22(3)23-17-19-26(20-18-23)28(24-13-9-7-10-14-24)25-15-11-8-12-16-25/h7-20,22H,5-6,21H2,1-4H3. The van der Waals surface area contributed by atoms with Crippen LogP contribution in [0.5, 0.6) is 0 Å². The van der Waals surface area contributed by atoms with Gasteiger partial charge < -0.3 is 4.90 Å². The number of anilines is 3. The number of hydrogen-bond acceptors (Lipinski definition) is 1. The van der Waals surface area contributed by atoms with Crippen molar-refractivity contribution < 1.29 is 0 Å². The second-order valence-corrected chi connectivity index (χ2v) is 8.22. The number of hydrogen-bond donors (Lipinski definition) is 0. The molecule has 3 rings (SSSR count). The average Bonchev–Trinajstić information content (AvgIpc) is 2.76. The van der Waals surface area contributed by atoms with Gasteiger partial charge in [0.25, 0.3) is 0 Å². The SMILES string of the molecule is CCC(C)(CC)CC(C)c1ccc(N(c2ccccc2)c2ccccc2)cc1. The molecule has 0 aliphatic rings. The van der Waals surface area contributed by atoms with Crippen molar-refractivity contribution in [1.82, 2.24) is 0 Å². The van der Waals surface area contributed by atoms with Crippen LogP contribution in [0.3, 0.4) is 0 Å². The summed E-state index contributed by atoms with van der Waals surface area (Å²) in [5.74, 6) is 0.570. The van der Waals surface area contributed by atoms with E-state index in [9.17, 15) is 0 Å². The Bertz CT molecular complexity index is 793. The van der Waals surface area contributed by atoms with Crippen LogP contribution in [-0.2, 0) is 0 Å². The van der Waals surface area contributed by atoms with E-state index < -0.39 is 0 Å². The summed E-state index contributed by atoms with van der Waals surface area (Å²) in [5.41, 5.74) is 5.41. The van der Waals surface area contributed by atoms with Crippen LogP contribution in [0.25, 0.3) is 0 Å². The summed E-state index contributed by atoms with van der Waals surface area (Å²) in [6, 6.07) is 30.3. The summed E-state index contributed by atoms with van der Waals surface area (Å²) in [5, 5.41) is 0. The Hall–Kier alpha value is -2.54. The van der Waals surface area contributed by atoms with E-state index in [4.69, 9.17) is 0 Å². The van der Waals surface area contributed by atoms with Gasteiger partial charge in [-0.3, -0.25) is 0 Å². The maximum absolute atomic E-state index is 2.42. The summed E-state index contributed by atoms with van der Waals surface area (Å²) in [7, 11) is 0. The van der Waals surface area contributed by atoms with Gasteiger partial charge in [0.1, 0.15) is 0 Å². The highest BCUT2D eigenvalue weighted by atomic mass is 15.1. The maximum Gasteiger partial charge on any atom is 0.0461 e. The first-order valence-corrected chi connectivity index (χ1v) is 10.6. The van der Waals surface area contributed by atoms with E-state index in [1.807, 2.05) is 0 Å². The van der Waals surface area contributed by atoms with Crippen LogP contribution in [0.15, 0.2) is 84.9 Å². The summed E-state index contributed by atoms with van der Waals surface area (Å²) >= 11 is 0. The molecule has 0 spiro atoms. The zero-order valence-corrected chi connectivity index (χ0v) is 17.7. The zero-order valence-electron chi connectivity index (χ0n) is 17.7. The maximum atomic E-state index is 2.42. The first kappa shape index (κ1) is 20.2. The van der Waals surface area contributed by atoms with Crippen LogP contribution in [0.1, 0.15) is 58.4 Å². The van der Waals surface area contributed by atoms with Gasteiger partial charge in [-0.25, -0.2) is 0 Å². The van der Waals surface area contributed by atoms with Gasteiger partial charge >= 0.3 is 0 Å². The van der Waals surface area contributed by atoms with Crippen molar-refractivity contribution >= 4 is 17.1 Å². The molecule has 0 N–H and O–H groups in total. The van der Waals surface area contributed by atoms with E-state index in [2.05, 4.69) is 118 Å². The molecule has 0 saturated heterocycles. The van der Waals surface area contributed by atoms with E-state index in [1.165, 1.54) is 41.9 Å². The van der Waals surface area contributed by atoms with E-state index in [0.717, 1.165) is 0 Å². The Kier molecular flexibility index (Phi) is 6.57. The van der Waals surface area contributed by atoms with Gasteiger partial charge in [-0.2, -0.15) is 0 Å². The first-order chi connectivity index (χ1) is 13.6. The molecule has 1 heteroatoms. The smallest absolute Gasteiger partial charge is 0.0461 e. The second kappa shape index (κ2) is 9.10. The number of benzene rings is 3. The molecule has 1 unspecified atom stereocenters. The summed E-state index contributed by atoms with van der Waals surface area (Å²) in [4.78, 5) is 2.32. The summed E-state index contributed by atoms with van der Waals surface area (Å²) in [6.07, 6.45) is 3.71. The zero-order chi connectivity index (χ0) is 20.0. The topological polar surface area (TPSA) is 3.24 Å². The highest BCUT2D eigenvalue weighted by Gasteiger charge is 2.23. The number of nitrogens with zero attached hydrogens (tertiary/aromatic N) is 1. The third-order valence-corrected chi connectivity index (χ3v) is 6.26. The number of para-hydroxylation sites is 2. The molecular formula is C27H33N. The molecule has 3 aromatic carbocycles. The molecule has 0 radical (unpaired) electrons. The fourth-order valence-electron chi connectivity index (χ4n) is 3.95. The molecule has 28 heavy (non-hydrogen) atoms. The van der Waals surface area contributed by atoms with Crippen molar-refractivity contribution in [2.75, 3.05) is 4.90 Å². The van der Waals surface area contributed by atoms with Crippen LogP contribution in [0, 0.1) is 5.41 Å². The highest BCUT2D eigenvalue weighted by Crippen LogP contribution is 2.39. The Morgan fingerprint density at radius 1 is 0.679 bits per heavy atom. The molecule has 146 valence electrons. The quantitative estimate of drug-likeness (QED) is 0.384. The molecule has 0 amide bonds. The van der Waals surface area contributed by atoms with E-state index >= 15 is 0 Å². The van der Waals surface area contributed by atoms with Crippen LogP contribution >= 0.6 is 0 Å². The van der Waals surface area contributed by atoms with E-state index in [-0.39, 0.29) is 0 Å². The molecule has 0 aliphatic heterocycles. The van der Waals surface area contributed by atoms with Crippen LogP contribution in [0.4, 0.5) is 17.1 Å². The lowest BCUT2D eigenvalue weighted by molar-refractivity contribution is 0.255. The van der Waals surface area contributed by atoms with Gasteiger partial charge in [0.2, 0.25) is 0 Å². The van der Waals surface area contributed by atoms with Gasteiger partial charge in [-0.15, -0.1) is 0 Å². The van der Waals surface area contributed by atoms with Crippen molar-refractivity contribution in [2.45, 2.75) is 52.9 Å². The Morgan fingerprint density at radius 3 is 1.54 bits per heavy atom. The summed E-state index contributed by atoms with van der Waals surface area (Å²) in [6.45, 7) is 9.42. The predicted octanol–water partition coefficient (Wildman–Crippen LogP) is 8.48. The fourth-order valence-corrected chi connectivity index (χ4v) is 3.95. The normalized spacial score (nSPS) is 12.6. The molecule has 0 aliphatic carbocycles. The van der Waals surface area contributed by atoms with E-state index in [0.29, 0.717) is 11.3 Å². The Labute approximate surface area is 171 Å². The minimum atomic E-state index is 0.429. The van der Waals surface area contributed by atoms with Crippen molar-refractivity contribution in [2.24, 2.45) is 5.41 Å². The lowest BCUT2D eigenvalue weighted by atomic mass is 9.75. The molecule has 0 heterocycles. The molecule has 0 fully saturated rings. The predicted molar refractivity (Wildman–Crippen MR) is 123 cm³/mol. The molecule has 0 saturated carbocycles. The summed E-state index contributed by atoms with van der Waals surface area (Å²) < 4.78 is 0. The highest BCUT2D eigenvalue weighted by molar-refractivity contribution is 5.76. The van der Waals surface area contributed by atoms with Gasteiger partial charge in [0, 0.05) is 17.1 Å². The fraction of sp³-hybridized carbons (Fsp3) is 0.333. The molecule has 1 atom stereocenters. The third-order valence-electron chi connectivity index (χ3n) is 6.26. The van der Waals surface area contributed by atoms with E-state index in [1.54, 1.807) is 0 Å². The lowest BCUT2D eigenvalue weighted by Gasteiger charge is -2.30. The second-order valence-electron chi connectivity index (χ2n) is 8.22. The van der Waals surface area contributed by atoms with Gasteiger partial charge in [0.05, 0.1) is 0 Å². The van der Waals surface area contributed by atoms with Crippen molar-refractivity contribution in [3.05, 3.63) is 90.5 Å². The Morgan fingerprint density at radius 2 is 1.11 bits per heavy atom. The number of rotatable bonds is 8. The Balaban J connectivity index is 1.89. The van der Waals surface area contributed by atoms with Crippen LogP contribution in [-0.4, -0.2) is 0 Å². The third kappa shape index (κ3) is 4.65. The first-order valence-electron chi connectivity index (χ1n) is 10.6. The molecule has 1 nitrogen and oxygen atoms in total. The van der Waals surface area contributed by atoms with Crippen LogP contribution < -0.4 is 4.90 Å². The van der Waals surface area contributed by atoms with Gasteiger partial charge in [-0.1, -0.05) is 89.1 Å². The molecule has 3 aromatic rings. The molecule has 0 aromatic heterocycles. The average molecular weight is 372 g/mol. The van der Waals surface area contributed by atoms with Crippen molar-refractivity contribution in [3.63, 3.8) is 0 Å². The van der Waals surface area contributed by atoms with Crippen molar-refractivity contribution in [3.8, 4) is 0 Å². The van der Waals surface area contributed by atoms with Gasteiger partial charge in [-0.05, 0) is 59.7 Å². The monoisotopic (exact) mass is 371 g/mol. The minimum Gasteiger partial charge on any atom is -0.311 e. The van der Waals surface area contributed by atoms with Gasteiger partial charge in [0.15, 0.2) is 0 Å². The molecular weight excluding hydrogens is 338 g/mol. The molecule has 0 bridgehead atoms. The van der Waals surface area contributed by atoms with Crippen molar-refractivity contribution in [1.29, 1.82) is 0 Å². The lowest BCUT2D eigenvalue weighted by Crippen LogP contribution is -2.17. The minimum absolute atomic E-state index is 0.429. The van der Waals surface area contributed by atoms with Crippen LogP contribution in [0.2, 0.25) is 0 Å².